The standard InChI is InChI=1S/C64H34N8/c1-9-25-41-33(17-1)34-18-2-10-26-42(34)50-49(41)57-65-58(50)70-60-53-45-29-13-5-21-37(45)38-22-6-14-30-46(38)54(53)62(67-60)72-64-56-48-32-16-8-24-40(48)39-23-7-15-31-47(39)55(56)63(68-64)71-61-52-44-28-12-4-20-36(44)35-19-3-11-27-43(35)51(52)59(66-61)69-57/h1-32H,(H2,65,66,67,68,69,70,71,72). The van der Waals surface area contributed by atoms with Gasteiger partial charge in [0.1, 0.15) is 22.6 Å². The second kappa shape index (κ2) is 13.9. The van der Waals surface area contributed by atoms with Crippen LogP contribution in [0.25, 0.3) is 176 Å². The summed E-state index contributed by atoms with van der Waals surface area (Å²) in [4.78, 5) is 41.6. The van der Waals surface area contributed by atoms with Gasteiger partial charge in [0.05, 0.1) is 0 Å². The Kier molecular flexibility index (Phi) is 7.32. The summed E-state index contributed by atoms with van der Waals surface area (Å²) in [5.41, 5.74) is 6.35. The first-order valence-corrected chi connectivity index (χ1v) is 24.3. The molecule has 15 aromatic rings. The Morgan fingerprint density at radius 3 is 0.556 bits per heavy atom. The first kappa shape index (κ1) is 38.0. The van der Waals surface area contributed by atoms with E-state index in [0.717, 1.165) is 130 Å². The molecule has 5 heterocycles. The number of rotatable bonds is 0. The van der Waals surface area contributed by atoms with Crippen molar-refractivity contribution in [2.75, 3.05) is 0 Å². The summed E-state index contributed by atoms with van der Waals surface area (Å²) >= 11 is 0. The Balaban J connectivity index is 1.17. The summed E-state index contributed by atoms with van der Waals surface area (Å²) in [6, 6.07) is 68.8. The molecule has 2 N–H and O–H groups in total. The molecule has 17 rings (SSSR count). The van der Waals surface area contributed by atoms with E-state index in [9.17, 15) is 0 Å². The summed E-state index contributed by atoms with van der Waals surface area (Å²) in [5.74, 6) is 2.27. The lowest BCUT2D eigenvalue weighted by atomic mass is 9.92. The van der Waals surface area contributed by atoms with Gasteiger partial charge >= 0.3 is 0 Å². The fraction of sp³-hybridized carbons (Fsp3) is 0. The van der Waals surface area contributed by atoms with Gasteiger partial charge in [0.2, 0.25) is 0 Å². The quantitative estimate of drug-likeness (QED) is 0.147. The largest absolute Gasteiger partial charge is 0.324 e. The maximum Gasteiger partial charge on any atom is 0.165 e. The number of benzene rings is 12. The second-order valence-electron chi connectivity index (χ2n) is 19.0. The summed E-state index contributed by atoms with van der Waals surface area (Å²) in [6.07, 6.45) is 0. The molecule has 72 heavy (non-hydrogen) atoms. The number of hydrogen-bond donors (Lipinski definition) is 2. The SMILES string of the molecule is c1ccc2c(c1)c1c(c3ccccc32)-c2nc-1nc1[nH]c(nc3nc(nc4[nH]c(n2)c2c5ccccc5c5ccccc5c42)-c2c-3c3ccccc3c3ccccc23)c2c3ccccc3c3ccccc3c12. The number of aromatic amines is 2. The third kappa shape index (κ3) is 4.94. The smallest absolute Gasteiger partial charge is 0.165 e. The molecule has 2 aliphatic heterocycles. The van der Waals surface area contributed by atoms with Crippen molar-refractivity contribution in [1.82, 2.24) is 39.9 Å². The molecule has 0 atom stereocenters. The van der Waals surface area contributed by atoms with Gasteiger partial charge in [-0.2, -0.15) is 0 Å². The van der Waals surface area contributed by atoms with Crippen LogP contribution in [-0.2, 0) is 0 Å². The molecule has 0 spiro atoms. The van der Waals surface area contributed by atoms with Crippen LogP contribution in [0.1, 0.15) is 0 Å². The Morgan fingerprint density at radius 1 is 0.181 bits per heavy atom. The predicted octanol–water partition coefficient (Wildman–Crippen LogP) is 16.1. The van der Waals surface area contributed by atoms with Crippen LogP contribution in [0.4, 0.5) is 0 Å². The molecule has 0 radical (unpaired) electrons. The molecule has 330 valence electrons. The van der Waals surface area contributed by atoms with E-state index in [1.807, 2.05) is 0 Å². The maximum atomic E-state index is 5.71. The highest BCUT2D eigenvalue weighted by atomic mass is 15.1. The second-order valence-corrected chi connectivity index (χ2v) is 19.0. The third-order valence-electron chi connectivity index (χ3n) is 15.3. The number of H-pyrrole nitrogens is 2. The zero-order valence-electron chi connectivity index (χ0n) is 38.2. The van der Waals surface area contributed by atoms with E-state index in [1.54, 1.807) is 0 Å². The lowest BCUT2D eigenvalue weighted by molar-refractivity contribution is 1.19. The first-order valence-electron chi connectivity index (χ1n) is 24.3. The van der Waals surface area contributed by atoms with Crippen LogP contribution in [-0.4, -0.2) is 39.9 Å². The fourth-order valence-electron chi connectivity index (χ4n) is 12.5. The van der Waals surface area contributed by atoms with Crippen molar-refractivity contribution in [2.45, 2.75) is 0 Å². The summed E-state index contributed by atoms with van der Waals surface area (Å²) in [7, 11) is 0. The Labute approximate surface area is 408 Å². The van der Waals surface area contributed by atoms with E-state index in [0.29, 0.717) is 45.9 Å². The molecule has 0 saturated heterocycles. The van der Waals surface area contributed by atoms with Crippen molar-refractivity contribution in [3.05, 3.63) is 194 Å². The van der Waals surface area contributed by atoms with Gasteiger partial charge in [-0.1, -0.05) is 194 Å². The highest BCUT2D eigenvalue weighted by Gasteiger charge is 2.29. The highest BCUT2D eigenvalue weighted by Crippen LogP contribution is 2.49. The van der Waals surface area contributed by atoms with Gasteiger partial charge in [0.15, 0.2) is 23.3 Å². The van der Waals surface area contributed by atoms with Gasteiger partial charge in [-0.15, -0.1) is 0 Å². The van der Waals surface area contributed by atoms with E-state index < -0.39 is 0 Å². The molecule has 0 amide bonds. The molecule has 12 aromatic carbocycles. The first-order chi connectivity index (χ1) is 35.7. The van der Waals surface area contributed by atoms with E-state index in [-0.39, 0.29) is 0 Å². The Hall–Kier alpha value is -9.92. The average molecular weight is 915 g/mol. The van der Waals surface area contributed by atoms with E-state index >= 15 is 0 Å². The average Bonchev–Trinajstić information content (AvgIpc) is 4.20. The van der Waals surface area contributed by atoms with Gasteiger partial charge in [-0.05, 0) is 86.2 Å². The zero-order chi connectivity index (χ0) is 46.8. The molecule has 2 aliphatic rings. The van der Waals surface area contributed by atoms with E-state index in [1.165, 1.54) is 0 Å². The van der Waals surface area contributed by atoms with Crippen molar-refractivity contribution < 1.29 is 0 Å². The van der Waals surface area contributed by atoms with Crippen molar-refractivity contribution in [2.24, 2.45) is 0 Å². The molecular formula is C64H34N8. The van der Waals surface area contributed by atoms with Gasteiger partial charge in [0.25, 0.3) is 0 Å². The predicted molar refractivity (Wildman–Crippen MR) is 296 cm³/mol. The molecule has 8 heteroatoms. The van der Waals surface area contributed by atoms with Crippen LogP contribution in [0.15, 0.2) is 194 Å². The molecular weight excluding hydrogens is 881 g/mol. The van der Waals surface area contributed by atoms with Crippen LogP contribution in [0, 0.1) is 0 Å². The maximum absolute atomic E-state index is 5.71. The fourth-order valence-corrected chi connectivity index (χ4v) is 12.5. The topological polar surface area (TPSA) is 109 Å². The minimum atomic E-state index is 0.567. The van der Waals surface area contributed by atoms with E-state index in [2.05, 4.69) is 204 Å². The minimum absolute atomic E-state index is 0.567. The molecule has 0 unspecified atom stereocenters. The molecule has 8 bridgehead atoms. The monoisotopic (exact) mass is 914 g/mol. The van der Waals surface area contributed by atoms with Crippen molar-refractivity contribution >= 4 is 130 Å². The van der Waals surface area contributed by atoms with Crippen molar-refractivity contribution in [3.63, 3.8) is 0 Å². The van der Waals surface area contributed by atoms with Gasteiger partial charge in [0, 0.05) is 43.8 Å². The van der Waals surface area contributed by atoms with Crippen molar-refractivity contribution in [1.29, 1.82) is 0 Å². The number of nitrogens with zero attached hydrogens (tertiary/aromatic N) is 6. The summed E-state index contributed by atoms with van der Waals surface area (Å²) in [6.45, 7) is 0. The number of fused-ring (bicyclic) bond motifs is 40. The number of hydrogen-bond acceptors (Lipinski definition) is 6. The number of aromatic nitrogens is 8. The van der Waals surface area contributed by atoms with Crippen LogP contribution in [0.3, 0.4) is 0 Å². The lowest BCUT2D eigenvalue weighted by Gasteiger charge is -2.11. The third-order valence-corrected chi connectivity index (χ3v) is 15.3. The van der Waals surface area contributed by atoms with Gasteiger partial charge in [-0.3, -0.25) is 0 Å². The van der Waals surface area contributed by atoms with Crippen LogP contribution in [0.2, 0.25) is 0 Å². The zero-order valence-corrected chi connectivity index (χ0v) is 38.2. The summed E-state index contributed by atoms with van der Waals surface area (Å²) < 4.78 is 0. The lowest BCUT2D eigenvalue weighted by Crippen LogP contribution is -1.89. The van der Waals surface area contributed by atoms with Crippen LogP contribution < -0.4 is 0 Å². The highest BCUT2D eigenvalue weighted by molar-refractivity contribution is 6.34. The van der Waals surface area contributed by atoms with Crippen LogP contribution in [0.5, 0.6) is 0 Å². The molecule has 0 fully saturated rings. The van der Waals surface area contributed by atoms with Gasteiger partial charge < -0.3 is 9.97 Å². The minimum Gasteiger partial charge on any atom is -0.324 e. The molecule has 0 aliphatic carbocycles. The molecule has 0 saturated carbocycles. The number of nitrogens with one attached hydrogen (secondary N) is 2. The van der Waals surface area contributed by atoms with Crippen LogP contribution >= 0.6 is 0 Å². The Morgan fingerprint density at radius 2 is 0.347 bits per heavy atom. The van der Waals surface area contributed by atoms with Gasteiger partial charge in [-0.25, -0.2) is 29.9 Å². The normalized spacial score (nSPS) is 12.4. The van der Waals surface area contributed by atoms with E-state index in [4.69, 9.17) is 29.9 Å². The molecule has 3 aromatic heterocycles. The molecule has 8 nitrogen and oxygen atoms in total. The van der Waals surface area contributed by atoms with Crippen molar-refractivity contribution in [3.8, 4) is 45.6 Å². The summed E-state index contributed by atoms with van der Waals surface area (Å²) in [5, 5.41) is 21.3. The Bertz CT molecular complexity index is 4550.